The Balaban J connectivity index is 2.06. The average molecular weight is 276 g/mol. The minimum Gasteiger partial charge on any atom is -0.545 e. The van der Waals surface area contributed by atoms with E-state index in [1.165, 1.54) is 12.1 Å². The number of aryl methyl sites for hydroxylation is 1. The monoisotopic (exact) mass is 275 g/mol. The number of carboxylic acids is 1. The Morgan fingerprint density at radius 2 is 1.89 bits per heavy atom. The van der Waals surface area contributed by atoms with Crippen molar-refractivity contribution in [1.82, 2.24) is 0 Å². The van der Waals surface area contributed by atoms with E-state index >= 15 is 0 Å². The summed E-state index contributed by atoms with van der Waals surface area (Å²) in [5.41, 5.74) is 2.08. The van der Waals surface area contributed by atoms with Gasteiger partial charge < -0.3 is 14.6 Å². The fourth-order valence-corrected chi connectivity index (χ4v) is 1.79. The summed E-state index contributed by atoms with van der Waals surface area (Å²) in [7, 11) is 0. The number of rotatable bonds is 4. The van der Waals surface area contributed by atoms with Gasteiger partial charge in [-0.2, -0.15) is 0 Å². The van der Waals surface area contributed by atoms with Gasteiger partial charge in [-0.3, -0.25) is 0 Å². The molecule has 0 saturated heterocycles. The SMILES string of the molecule is Cc1ccc(Cl)c(OCc2ccc(C(=O)[O-])cc2)c1. The summed E-state index contributed by atoms with van der Waals surface area (Å²) in [6.07, 6.45) is 0. The summed E-state index contributed by atoms with van der Waals surface area (Å²) in [5.74, 6) is -0.570. The molecule has 98 valence electrons. The predicted octanol–water partition coefficient (Wildman–Crippen LogP) is 2.59. The van der Waals surface area contributed by atoms with E-state index in [0.717, 1.165) is 11.1 Å². The van der Waals surface area contributed by atoms with E-state index in [9.17, 15) is 9.90 Å². The average Bonchev–Trinajstić information content (AvgIpc) is 2.40. The number of carbonyl (C=O) groups is 1. The maximum absolute atomic E-state index is 10.6. The first-order valence-corrected chi connectivity index (χ1v) is 6.13. The van der Waals surface area contributed by atoms with Crippen molar-refractivity contribution in [1.29, 1.82) is 0 Å². The Labute approximate surface area is 116 Å². The number of benzene rings is 2. The molecule has 0 N–H and O–H groups in total. The molecule has 0 spiro atoms. The van der Waals surface area contributed by atoms with Crippen LogP contribution in [-0.4, -0.2) is 5.97 Å². The lowest BCUT2D eigenvalue weighted by Gasteiger charge is -2.09. The van der Waals surface area contributed by atoms with Crippen molar-refractivity contribution in [3.8, 4) is 5.75 Å². The van der Waals surface area contributed by atoms with Gasteiger partial charge in [0.05, 0.1) is 11.0 Å². The number of hydrogen-bond donors (Lipinski definition) is 0. The molecular formula is C15H12ClO3-. The van der Waals surface area contributed by atoms with Crippen molar-refractivity contribution >= 4 is 17.6 Å². The van der Waals surface area contributed by atoms with E-state index < -0.39 is 5.97 Å². The molecule has 2 aromatic rings. The van der Waals surface area contributed by atoms with Gasteiger partial charge in [0.25, 0.3) is 0 Å². The van der Waals surface area contributed by atoms with Crippen LogP contribution in [0.25, 0.3) is 0 Å². The van der Waals surface area contributed by atoms with E-state index in [1.807, 2.05) is 19.1 Å². The van der Waals surface area contributed by atoms with Crippen molar-refractivity contribution in [2.75, 3.05) is 0 Å². The third-order valence-corrected chi connectivity index (χ3v) is 2.98. The zero-order chi connectivity index (χ0) is 13.8. The Morgan fingerprint density at radius 1 is 1.21 bits per heavy atom. The van der Waals surface area contributed by atoms with Crippen LogP contribution in [0.4, 0.5) is 0 Å². The van der Waals surface area contributed by atoms with Gasteiger partial charge in [-0.05, 0) is 35.7 Å². The van der Waals surface area contributed by atoms with Gasteiger partial charge in [0, 0.05) is 0 Å². The highest BCUT2D eigenvalue weighted by Crippen LogP contribution is 2.26. The van der Waals surface area contributed by atoms with Crippen LogP contribution in [0.15, 0.2) is 42.5 Å². The fourth-order valence-electron chi connectivity index (χ4n) is 1.62. The van der Waals surface area contributed by atoms with Crippen LogP contribution in [0.1, 0.15) is 21.5 Å². The standard InChI is InChI=1S/C15H13ClO3/c1-10-2-7-13(16)14(8-10)19-9-11-3-5-12(6-4-11)15(17)18/h2-8H,9H2,1H3,(H,17,18)/p-1. The molecule has 0 heterocycles. The smallest absolute Gasteiger partial charge is 0.138 e. The largest absolute Gasteiger partial charge is 0.545 e. The van der Waals surface area contributed by atoms with Gasteiger partial charge in [0.1, 0.15) is 12.4 Å². The second-order valence-corrected chi connectivity index (χ2v) is 4.61. The normalized spacial score (nSPS) is 10.2. The molecule has 4 heteroatoms. The van der Waals surface area contributed by atoms with Gasteiger partial charge in [-0.1, -0.05) is 41.9 Å². The van der Waals surface area contributed by atoms with Crippen molar-refractivity contribution in [2.24, 2.45) is 0 Å². The van der Waals surface area contributed by atoms with Crippen LogP contribution in [0, 0.1) is 6.92 Å². The Kier molecular flexibility index (Phi) is 4.07. The third-order valence-electron chi connectivity index (χ3n) is 2.67. The summed E-state index contributed by atoms with van der Waals surface area (Å²) in [6.45, 7) is 2.29. The van der Waals surface area contributed by atoms with Crippen molar-refractivity contribution < 1.29 is 14.6 Å². The molecule has 0 radical (unpaired) electrons. The molecule has 19 heavy (non-hydrogen) atoms. The van der Waals surface area contributed by atoms with E-state index in [0.29, 0.717) is 17.4 Å². The molecule has 0 amide bonds. The topological polar surface area (TPSA) is 49.4 Å². The van der Waals surface area contributed by atoms with Gasteiger partial charge in [0.15, 0.2) is 0 Å². The molecule has 0 aliphatic rings. The van der Waals surface area contributed by atoms with Crippen molar-refractivity contribution in [2.45, 2.75) is 13.5 Å². The highest BCUT2D eigenvalue weighted by molar-refractivity contribution is 6.32. The zero-order valence-corrected chi connectivity index (χ0v) is 11.1. The van der Waals surface area contributed by atoms with E-state index in [2.05, 4.69) is 0 Å². The van der Waals surface area contributed by atoms with Crippen LogP contribution < -0.4 is 9.84 Å². The van der Waals surface area contributed by atoms with Crippen LogP contribution >= 0.6 is 11.6 Å². The molecule has 0 unspecified atom stereocenters. The summed E-state index contributed by atoms with van der Waals surface area (Å²) >= 11 is 6.02. The first-order chi connectivity index (χ1) is 9.06. The third kappa shape index (κ3) is 3.48. The summed E-state index contributed by atoms with van der Waals surface area (Å²) in [4.78, 5) is 10.6. The Hall–Kier alpha value is -2.00. The Morgan fingerprint density at radius 3 is 2.53 bits per heavy atom. The van der Waals surface area contributed by atoms with E-state index in [4.69, 9.17) is 16.3 Å². The quantitative estimate of drug-likeness (QED) is 0.862. The lowest BCUT2D eigenvalue weighted by atomic mass is 10.1. The number of ether oxygens (including phenoxy) is 1. The summed E-state index contributed by atoms with van der Waals surface area (Å²) in [5, 5.41) is 11.2. The minimum absolute atomic E-state index is 0.150. The number of carboxylic acid groups (broad SMARTS) is 1. The van der Waals surface area contributed by atoms with Crippen LogP contribution in [0.5, 0.6) is 5.75 Å². The molecule has 0 bridgehead atoms. The predicted molar refractivity (Wildman–Crippen MR) is 71.3 cm³/mol. The first-order valence-electron chi connectivity index (χ1n) is 5.75. The number of carbonyl (C=O) groups excluding carboxylic acids is 1. The molecule has 2 aromatic carbocycles. The molecule has 0 aliphatic heterocycles. The van der Waals surface area contributed by atoms with Gasteiger partial charge in [-0.25, -0.2) is 0 Å². The Bertz CT molecular complexity index is 591. The van der Waals surface area contributed by atoms with Crippen LogP contribution in [-0.2, 0) is 6.61 Å². The molecule has 0 atom stereocenters. The van der Waals surface area contributed by atoms with Crippen molar-refractivity contribution in [3.63, 3.8) is 0 Å². The molecular weight excluding hydrogens is 264 g/mol. The molecule has 2 rings (SSSR count). The fraction of sp³-hybridized carbons (Fsp3) is 0.133. The number of aromatic carboxylic acids is 1. The minimum atomic E-state index is -1.19. The second-order valence-electron chi connectivity index (χ2n) is 4.21. The lowest BCUT2D eigenvalue weighted by molar-refractivity contribution is -0.255. The molecule has 3 nitrogen and oxygen atoms in total. The molecule has 0 fully saturated rings. The maximum atomic E-state index is 10.6. The molecule has 0 aromatic heterocycles. The highest BCUT2D eigenvalue weighted by atomic mass is 35.5. The van der Waals surface area contributed by atoms with E-state index in [1.54, 1.807) is 18.2 Å². The van der Waals surface area contributed by atoms with Gasteiger partial charge >= 0.3 is 0 Å². The van der Waals surface area contributed by atoms with E-state index in [-0.39, 0.29) is 5.56 Å². The first kappa shape index (κ1) is 13.4. The maximum Gasteiger partial charge on any atom is 0.138 e. The highest BCUT2D eigenvalue weighted by Gasteiger charge is 2.02. The van der Waals surface area contributed by atoms with Gasteiger partial charge in [0.2, 0.25) is 0 Å². The van der Waals surface area contributed by atoms with Gasteiger partial charge in [-0.15, -0.1) is 0 Å². The lowest BCUT2D eigenvalue weighted by Crippen LogP contribution is -2.22. The van der Waals surface area contributed by atoms with Crippen LogP contribution in [0.2, 0.25) is 5.02 Å². The molecule has 0 aliphatic carbocycles. The van der Waals surface area contributed by atoms with Crippen LogP contribution in [0.3, 0.4) is 0 Å². The summed E-state index contributed by atoms with van der Waals surface area (Å²) < 4.78 is 5.61. The molecule has 0 saturated carbocycles. The second kappa shape index (κ2) is 5.76. The summed E-state index contributed by atoms with van der Waals surface area (Å²) in [6, 6.07) is 11.9. The number of halogens is 1. The number of hydrogen-bond acceptors (Lipinski definition) is 3. The van der Waals surface area contributed by atoms with Crippen molar-refractivity contribution in [3.05, 3.63) is 64.2 Å². The zero-order valence-electron chi connectivity index (χ0n) is 10.4.